The van der Waals surface area contributed by atoms with Gasteiger partial charge >= 0.3 is 0 Å². The zero-order valence-corrected chi connectivity index (χ0v) is 40.6. The Morgan fingerprint density at radius 3 is 1.01 bits per heavy atom. The van der Waals surface area contributed by atoms with Gasteiger partial charge in [-0.25, -0.2) is 0 Å². The zero-order chi connectivity index (χ0) is 48.7. The van der Waals surface area contributed by atoms with Crippen LogP contribution < -0.4 is 9.80 Å². The monoisotopic (exact) mass is 933 g/mol. The number of aromatic nitrogens is 1. The Balaban J connectivity index is 1.05. The molecule has 0 amide bonds. The van der Waals surface area contributed by atoms with E-state index in [9.17, 15) is 0 Å². The van der Waals surface area contributed by atoms with Gasteiger partial charge in [-0.05, 0) is 134 Å². The summed E-state index contributed by atoms with van der Waals surface area (Å²) in [6.45, 7) is 3.04. The van der Waals surface area contributed by atoms with Crippen molar-refractivity contribution in [2.24, 2.45) is 0 Å². The summed E-state index contributed by atoms with van der Waals surface area (Å²) in [5, 5.41) is 9.69. The Morgan fingerprint density at radius 2 is 0.603 bits per heavy atom. The van der Waals surface area contributed by atoms with Crippen molar-refractivity contribution in [2.45, 2.75) is 13.5 Å². The SMILES string of the molecule is CCn1c(-c2ccc(N(c3ccccc3)c3cccc4ccccc34)cc2)c(-c2ccc3ccccc3c2)c(-c2ccc3ccccc3c2)c1-c1ccc(N(c2ccccc2)c2cccc3ccccc23)cc1. The Morgan fingerprint density at radius 1 is 0.274 bits per heavy atom. The van der Waals surface area contributed by atoms with Crippen LogP contribution in [0.3, 0.4) is 0 Å². The van der Waals surface area contributed by atoms with Crippen LogP contribution in [-0.4, -0.2) is 4.57 Å². The molecule has 346 valence electrons. The van der Waals surface area contributed by atoms with E-state index in [-0.39, 0.29) is 0 Å². The number of nitrogens with zero attached hydrogens (tertiary/aromatic N) is 3. The fourth-order valence-electron chi connectivity index (χ4n) is 11.1. The zero-order valence-electron chi connectivity index (χ0n) is 40.6. The highest BCUT2D eigenvalue weighted by Gasteiger charge is 2.28. The lowest BCUT2D eigenvalue weighted by atomic mass is 9.89. The minimum Gasteiger partial charge on any atom is -0.340 e. The third-order valence-corrected chi connectivity index (χ3v) is 14.5. The van der Waals surface area contributed by atoms with Gasteiger partial charge in [-0.3, -0.25) is 0 Å². The van der Waals surface area contributed by atoms with Gasteiger partial charge in [0.25, 0.3) is 0 Å². The molecule has 0 aliphatic heterocycles. The fraction of sp³-hybridized carbons (Fsp3) is 0.0286. The number of fused-ring (bicyclic) bond motifs is 4. The van der Waals surface area contributed by atoms with E-state index < -0.39 is 0 Å². The van der Waals surface area contributed by atoms with Crippen LogP contribution in [0.2, 0.25) is 0 Å². The summed E-state index contributed by atoms with van der Waals surface area (Å²) < 4.78 is 2.57. The van der Waals surface area contributed by atoms with Crippen LogP contribution in [0.1, 0.15) is 6.92 Å². The molecule has 0 bridgehead atoms. The van der Waals surface area contributed by atoms with Crippen molar-refractivity contribution in [3.8, 4) is 44.8 Å². The van der Waals surface area contributed by atoms with Crippen LogP contribution in [0.5, 0.6) is 0 Å². The summed E-state index contributed by atoms with van der Waals surface area (Å²) in [6.07, 6.45) is 0. The molecule has 12 aromatic carbocycles. The molecular weight excluding hydrogens is 883 g/mol. The van der Waals surface area contributed by atoms with Gasteiger partial charge in [0.2, 0.25) is 0 Å². The number of hydrogen-bond donors (Lipinski definition) is 0. The third-order valence-electron chi connectivity index (χ3n) is 14.5. The van der Waals surface area contributed by atoms with Gasteiger partial charge in [0.15, 0.2) is 0 Å². The summed E-state index contributed by atoms with van der Waals surface area (Å²) in [5.41, 5.74) is 16.1. The molecule has 0 aliphatic carbocycles. The molecule has 13 rings (SSSR count). The predicted octanol–water partition coefficient (Wildman–Crippen LogP) is 19.7. The Kier molecular flexibility index (Phi) is 11.2. The number of anilines is 6. The standard InChI is InChI=1S/C70H51N3/c1-2-71-69(53-39-43-61(44-40-53)72(59-27-5-3-6-28-59)65-33-17-25-51-21-13-15-31-63(51)65)67(57-37-35-49-19-9-11-23-55(49)47-57)68(58-38-36-50-20-10-12-24-56(50)48-58)70(71)54-41-45-62(46-42-54)73(60-29-7-4-8-30-60)66-34-18-26-52-22-14-16-32-64(52)66/h3-48H,2H2,1H3. The van der Waals surface area contributed by atoms with Crippen molar-refractivity contribution in [1.29, 1.82) is 0 Å². The molecule has 0 saturated carbocycles. The van der Waals surface area contributed by atoms with Gasteiger partial charge in [0.1, 0.15) is 0 Å². The Hall–Kier alpha value is -9.44. The number of hydrogen-bond acceptors (Lipinski definition) is 2. The van der Waals surface area contributed by atoms with E-state index in [1.807, 2.05) is 0 Å². The topological polar surface area (TPSA) is 11.4 Å². The summed E-state index contributed by atoms with van der Waals surface area (Å²) >= 11 is 0. The highest BCUT2D eigenvalue weighted by atomic mass is 15.1. The first kappa shape index (κ1) is 43.6. The second-order valence-electron chi connectivity index (χ2n) is 18.7. The average molecular weight is 934 g/mol. The molecule has 0 spiro atoms. The second kappa shape index (κ2) is 18.7. The van der Waals surface area contributed by atoms with E-state index in [2.05, 4.69) is 300 Å². The quantitative estimate of drug-likeness (QED) is 0.128. The lowest BCUT2D eigenvalue weighted by molar-refractivity contribution is 0.785. The van der Waals surface area contributed by atoms with Crippen molar-refractivity contribution in [1.82, 2.24) is 4.57 Å². The first-order valence-corrected chi connectivity index (χ1v) is 25.3. The molecule has 0 fully saturated rings. The lowest BCUT2D eigenvalue weighted by Gasteiger charge is -2.27. The first-order chi connectivity index (χ1) is 36.2. The molecule has 0 radical (unpaired) electrons. The molecule has 3 heteroatoms. The molecule has 3 nitrogen and oxygen atoms in total. The minimum atomic E-state index is 0.751. The average Bonchev–Trinajstić information content (AvgIpc) is 3.81. The molecule has 0 atom stereocenters. The molecule has 0 N–H and O–H groups in total. The minimum absolute atomic E-state index is 0.751. The summed E-state index contributed by atoms with van der Waals surface area (Å²) in [5.74, 6) is 0. The molecular formula is C70H51N3. The van der Waals surface area contributed by atoms with E-state index in [1.54, 1.807) is 0 Å². The molecule has 0 saturated heterocycles. The van der Waals surface area contributed by atoms with Crippen LogP contribution in [0, 0.1) is 0 Å². The van der Waals surface area contributed by atoms with Crippen LogP contribution in [-0.2, 0) is 6.54 Å². The van der Waals surface area contributed by atoms with Gasteiger partial charge in [-0.2, -0.15) is 0 Å². The highest BCUT2D eigenvalue weighted by molar-refractivity contribution is 6.06. The van der Waals surface area contributed by atoms with E-state index in [4.69, 9.17) is 0 Å². The predicted molar refractivity (Wildman–Crippen MR) is 311 cm³/mol. The van der Waals surface area contributed by atoms with Gasteiger partial charge in [0, 0.05) is 51.2 Å². The van der Waals surface area contributed by atoms with Crippen LogP contribution in [0.4, 0.5) is 34.1 Å². The van der Waals surface area contributed by atoms with Gasteiger partial charge in [-0.15, -0.1) is 0 Å². The molecule has 0 aliphatic rings. The summed E-state index contributed by atoms with van der Waals surface area (Å²) in [6, 6.07) is 102. The van der Waals surface area contributed by atoms with Crippen LogP contribution in [0.25, 0.3) is 87.9 Å². The van der Waals surface area contributed by atoms with Gasteiger partial charge < -0.3 is 14.4 Å². The van der Waals surface area contributed by atoms with E-state index in [1.165, 1.54) is 76.7 Å². The van der Waals surface area contributed by atoms with E-state index >= 15 is 0 Å². The van der Waals surface area contributed by atoms with E-state index in [0.29, 0.717) is 0 Å². The van der Waals surface area contributed by atoms with Crippen molar-refractivity contribution >= 4 is 77.2 Å². The Labute approximate surface area is 426 Å². The summed E-state index contributed by atoms with van der Waals surface area (Å²) in [7, 11) is 0. The van der Waals surface area contributed by atoms with Crippen LogP contribution >= 0.6 is 0 Å². The number of rotatable bonds is 11. The van der Waals surface area contributed by atoms with Gasteiger partial charge in [-0.1, -0.05) is 206 Å². The second-order valence-corrected chi connectivity index (χ2v) is 18.7. The maximum atomic E-state index is 2.57. The van der Waals surface area contributed by atoms with E-state index in [0.717, 1.165) is 51.8 Å². The summed E-state index contributed by atoms with van der Waals surface area (Å²) in [4.78, 5) is 4.78. The molecule has 0 unspecified atom stereocenters. The number of benzene rings is 12. The molecule has 1 heterocycles. The fourth-order valence-corrected chi connectivity index (χ4v) is 11.1. The van der Waals surface area contributed by atoms with Crippen molar-refractivity contribution < 1.29 is 0 Å². The molecule has 1 aromatic heterocycles. The van der Waals surface area contributed by atoms with Crippen molar-refractivity contribution in [2.75, 3.05) is 9.80 Å². The third kappa shape index (κ3) is 7.89. The highest BCUT2D eigenvalue weighted by Crippen LogP contribution is 2.51. The largest absolute Gasteiger partial charge is 0.340 e. The Bertz CT molecular complexity index is 3840. The number of para-hydroxylation sites is 2. The van der Waals surface area contributed by atoms with Crippen molar-refractivity contribution in [3.05, 3.63) is 279 Å². The van der Waals surface area contributed by atoms with Crippen LogP contribution in [0.15, 0.2) is 279 Å². The smallest absolute Gasteiger partial charge is 0.0571 e. The maximum Gasteiger partial charge on any atom is 0.0571 e. The molecule has 13 aromatic rings. The molecule has 73 heavy (non-hydrogen) atoms. The lowest BCUT2D eigenvalue weighted by Crippen LogP contribution is -2.10. The maximum absolute atomic E-state index is 2.57. The van der Waals surface area contributed by atoms with Crippen molar-refractivity contribution in [3.63, 3.8) is 0 Å². The normalized spacial score (nSPS) is 11.4. The van der Waals surface area contributed by atoms with Gasteiger partial charge in [0.05, 0.1) is 22.8 Å². The first-order valence-electron chi connectivity index (χ1n) is 25.3.